The van der Waals surface area contributed by atoms with Gasteiger partial charge >= 0.3 is 0 Å². The molecule has 0 spiro atoms. The Kier molecular flexibility index (Phi) is 5.89. The Morgan fingerprint density at radius 2 is 1.95 bits per heavy atom. The Morgan fingerprint density at radius 3 is 2.68 bits per heavy atom. The Bertz CT molecular complexity index is 679. The van der Waals surface area contributed by atoms with E-state index in [0.717, 1.165) is 17.0 Å². The number of nitrogens with zero attached hydrogens (tertiary/aromatic N) is 1. The summed E-state index contributed by atoms with van der Waals surface area (Å²) in [6, 6.07) is 13.2. The number of hydrogen-bond acceptors (Lipinski definition) is 2. The molecule has 6 heteroatoms. The monoisotopic (exact) mass is 354 g/mol. The van der Waals surface area contributed by atoms with Gasteiger partial charge in [-0.25, -0.2) is 0 Å². The van der Waals surface area contributed by atoms with Gasteiger partial charge in [0, 0.05) is 25.3 Å². The van der Waals surface area contributed by atoms with Crippen LogP contribution in [-0.2, 0) is 6.54 Å². The summed E-state index contributed by atoms with van der Waals surface area (Å²) in [5.74, 6) is 0.772. The SMILES string of the molecule is COc1cccc(NC(=S)N(C)Cc2cccc(Cl)c2Cl)c1. The van der Waals surface area contributed by atoms with Crippen LogP contribution in [0.4, 0.5) is 5.69 Å². The number of hydrogen-bond donors (Lipinski definition) is 1. The molecule has 2 aromatic carbocycles. The number of nitrogens with one attached hydrogen (secondary N) is 1. The number of anilines is 1. The summed E-state index contributed by atoms with van der Waals surface area (Å²) in [6.07, 6.45) is 0. The lowest BCUT2D eigenvalue weighted by Crippen LogP contribution is -2.30. The van der Waals surface area contributed by atoms with Crippen molar-refractivity contribution in [2.45, 2.75) is 6.54 Å². The molecule has 2 aromatic rings. The Balaban J connectivity index is 2.04. The van der Waals surface area contributed by atoms with Gasteiger partial charge in [-0.2, -0.15) is 0 Å². The highest BCUT2D eigenvalue weighted by atomic mass is 35.5. The first-order chi connectivity index (χ1) is 10.5. The minimum absolute atomic E-state index is 0.541. The van der Waals surface area contributed by atoms with Gasteiger partial charge in [0.05, 0.1) is 17.2 Å². The van der Waals surface area contributed by atoms with Crippen LogP contribution in [0.25, 0.3) is 0 Å². The van der Waals surface area contributed by atoms with Crippen molar-refractivity contribution in [2.24, 2.45) is 0 Å². The molecule has 0 aliphatic heterocycles. The van der Waals surface area contributed by atoms with Crippen LogP contribution < -0.4 is 10.1 Å². The minimum Gasteiger partial charge on any atom is -0.497 e. The van der Waals surface area contributed by atoms with E-state index in [-0.39, 0.29) is 0 Å². The zero-order chi connectivity index (χ0) is 16.1. The first kappa shape index (κ1) is 16.9. The smallest absolute Gasteiger partial charge is 0.173 e. The molecular weight excluding hydrogens is 339 g/mol. The van der Waals surface area contributed by atoms with E-state index in [1.165, 1.54) is 0 Å². The van der Waals surface area contributed by atoms with Gasteiger partial charge in [0.2, 0.25) is 0 Å². The normalized spacial score (nSPS) is 10.2. The van der Waals surface area contributed by atoms with E-state index in [9.17, 15) is 0 Å². The molecule has 0 aromatic heterocycles. The van der Waals surface area contributed by atoms with Gasteiger partial charge in [0.25, 0.3) is 0 Å². The lowest BCUT2D eigenvalue weighted by molar-refractivity contribution is 0.415. The van der Waals surface area contributed by atoms with Crippen LogP contribution in [0.3, 0.4) is 0 Å². The van der Waals surface area contributed by atoms with E-state index in [4.69, 9.17) is 40.2 Å². The summed E-state index contributed by atoms with van der Waals surface area (Å²) in [7, 11) is 3.53. The number of benzene rings is 2. The molecule has 0 saturated carbocycles. The van der Waals surface area contributed by atoms with Crippen molar-refractivity contribution < 1.29 is 4.74 Å². The van der Waals surface area contributed by atoms with E-state index in [0.29, 0.717) is 21.7 Å². The summed E-state index contributed by atoms with van der Waals surface area (Å²) in [5, 5.41) is 4.86. The fourth-order valence-electron chi connectivity index (χ4n) is 1.92. The maximum absolute atomic E-state index is 6.20. The van der Waals surface area contributed by atoms with Gasteiger partial charge in [-0.1, -0.05) is 41.4 Å². The molecule has 0 aliphatic carbocycles. The molecule has 0 unspecified atom stereocenters. The fourth-order valence-corrected chi connectivity index (χ4v) is 2.48. The number of thiocarbonyl (C=S) groups is 1. The van der Waals surface area contributed by atoms with Crippen LogP contribution >= 0.6 is 35.4 Å². The highest BCUT2D eigenvalue weighted by molar-refractivity contribution is 7.80. The number of halogens is 2. The van der Waals surface area contributed by atoms with Crippen LogP contribution in [0.15, 0.2) is 42.5 Å². The summed E-state index contributed by atoms with van der Waals surface area (Å²) in [6.45, 7) is 0.565. The summed E-state index contributed by atoms with van der Waals surface area (Å²) < 4.78 is 5.19. The summed E-state index contributed by atoms with van der Waals surface area (Å²) >= 11 is 17.6. The van der Waals surface area contributed by atoms with Gasteiger partial charge in [0.1, 0.15) is 5.75 Å². The third kappa shape index (κ3) is 4.26. The van der Waals surface area contributed by atoms with Crippen molar-refractivity contribution >= 4 is 46.2 Å². The Labute approximate surface area is 145 Å². The van der Waals surface area contributed by atoms with Crippen LogP contribution in [0, 0.1) is 0 Å². The maximum Gasteiger partial charge on any atom is 0.173 e. The number of ether oxygens (including phenoxy) is 1. The molecule has 116 valence electrons. The molecule has 0 heterocycles. The van der Waals surface area contributed by atoms with E-state index in [2.05, 4.69) is 5.32 Å². The molecule has 3 nitrogen and oxygen atoms in total. The Morgan fingerprint density at radius 1 is 1.23 bits per heavy atom. The number of methoxy groups -OCH3 is 1. The molecule has 0 aliphatic rings. The average molecular weight is 355 g/mol. The summed E-state index contributed by atoms with van der Waals surface area (Å²) in [4.78, 5) is 1.90. The second-order valence-corrected chi connectivity index (χ2v) is 5.90. The Hall–Kier alpha value is -1.49. The molecule has 0 bridgehead atoms. The quantitative estimate of drug-likeness (QED) is 0.794. The van der Waals surface area contributed by atoms with Crippen molar-refractivity contribution in [3.63, 3.8) is 0 Å². The topological polar surface area (TPSA) is 24.5 Å². The van der Waals surface area contributed by atoms with Crippen LogP contribution in [0.1, 0.15) is 5.56 Å². The van der Waals surface area contributed by atoms with Gasteiger partial charge in [0.15, 0.2) is 5.11 Å². The van der Waals surface area contributed by atoms with Crippen molar-refractivity contribution in [1.82, 2.24) is 4.90 Å². The number of rotatable bonds is 4. The minimum atomic E-state index is 0.541. The first-order valence-electron chi connectivity index (χ1n) is 6.60. The lowest BCUT2D eigenvalue weighted by Gasteiger charge is -2.22. The second-order valence-electron chi connectivity index (χ2n) is 4.73. The largest absolute Gasteiger partial charge is 0.497 e. The maximum atomic E-state index is 6.20. The molecular formula is C16H16Cl2N2OS. The molecule has 0 radical (unpaired) electrons. The molecule has 0 atom stereocenters. The predicted molar refractivity (Wildman–Crippen MR) is 97.1 cm³/mol. The van der Waals surface area contributed by atoms with Gasteiger partial charge < -0.3 is 15.0 Å². The fraction of sp³-hybridized carbons (Fsp3) is 0.188. The zero-order valence-electron chi connectivity index (χ0n) is 12.3. The van der Waals surface area contributed by atoms with Crippen LogP contribution in [0.2, 0.25) is 10.0 Å². The molecule has 2 rings (SSSR count). The zero-order valence-corrected chi connectivity index (χ0v) is 14.6. The van der Waals surface area contributed by atoms with Crippen LogP contribution in [-0.4, -0.2) is 24.2 Å². The standard InChI is InChI=1S/C16H16Cl2N2OS/c1-20(10-11-5-3-8-14(17)15(11)18)16(22)19-12-6-4-7-13(9-12)21-2/h3-9H,10H2,1-2H3,(H,19,22). The van der Waals surface area contributed by atoms with Gasteiger partial charge in [-0.3, -0.25) is 0 Å². The molecule has 0 amide bonds. The van der Waals surface area contributed by atoms with Crippen molar-refractivity contribution in [1.29, 1.82) is 0 Å². The molecule has 0 fully saturated rings. The molecule has 0 saturated heterocycles. The van der Waals surface area contributed by atoms with Gasteiger partial charge in [-0.15, -0.1) is 0 Å². The third-order valence-corrected chi connectivity index (χ3v) is 4.38. The lowest BCUT2D eigenvalue weighted by atomic mass is 10.2. The predicted octanol–water partition coefficient (Wildman–Crippen LogP) is 4.83. The molecule has 22 heavy (non-hydrogen) atoms. The average Bonchev–Trinajstić information content (AvgIpc) is 2.52. The van der Waals surface area contributed by atoms with Crippen molar-refractivity contribution in [3.8, 4) is 5.75 Å². The third-order valence-electron chi connectivity index (χ3n) is 3.11. The first-order valence-corrected chi connectivity index (χ1v) is 7.76. The van der Waals surface area contributed by atoms with Gasteiger partial charge in [-0.05, 0) is 36.0 Å². The van der Waals surface area contributed by atoms with Crippen molar-refractivity contribution in [2.75, 3.05) is 19.5 Å². The highest BCUT2D eigenvalue weighted by Crippen LogP contribution is 2.26. The van der Waals surface area contributed by atoms with E-state index in [1.807, 2.05) is 48.3 Å². The molecule has 1 N–H and O–H groups in total. The van der Waals surface area contributed by atoms with Crippen LogP contribution in [0.5, 0.6) is 5.75 Å². The summed E-state index contributed by atoms with van der Waals surface area (Å²) in [5.41, 5.74) is 1.79. The highest BCUT2D eigenvalue weighted by Gasteiger charge is 2.10. The van der Waals surface area contributed by atoms with Crippen molar-refractivity contribution in [3.05, 3.63) is 58.1 Å². The second kappa shape index (κ2) is 7.68. The van der Waals surface area contributed by atoms with E-state index < -0.39 is 0 Å². The van der Waals surface area contributed by atoms with E-state index >= 15 is 0 Å². The van der Waals surface area contributed by atoms with E-state index in [1.54, 1.807) is 13.2 Å².